The number of hydrogen-bond donors (Lipinski definition) is 3. The molecule has 240 valence electrons. The number of amides is 1. The van der Waals surface area contributed by atoms with Crippen LogP contribution >= 0.6 is 0 Å². The van der Waals surface area contributed by atoms with Crippen LogP contribution in [0.3, 0.4) is 0 Å². The molecule has 4 aliphatic rings. The Hall–Kier alpha value is -4.06. The summed E-state index contributed by atoms with van der Waals surface area (Å²) in [6.07, 6.45) is 3.82. The van der Waals surface area contributed by atoms with E-state index in [1.807, 2.05) is 35.2 Å². The van der Waals surface area contributed by atoms with Gasteiger partial charge in [-0.2, -0.15) is 9.97 Å². The van der Waals surface area contributed by atoms with Gasteiger partial charge in [-0.3, -0.25) is 4.79 Å². The molecule has 11 heteroatoms. The van der Waals surface area contributed by atoms with Crippen LogP contribution in [-0.4, -0.2) is 106 Å². The Balaban J connectivity index is 1.18. The average Bonchev–Trinajstić information content (AvgIpc) is 3.75. The normalized spacial score (nSPS) is 26.5. The second kappa shape index (κ2) is 11.6. The van der Waals surface area contributed by atoms with Gasteiger partial charge in [0, 0.05) is 48.7 Å². The Morgan fingerprint density at radius 2 is 1.85 bits per heavy atom. The number of piperazine rings is 1. The van der Waals surface area contributed by atoms with E-state index in [1.54, 1.807) is 18.2 Å². The Kier molecular flexibility index (Phi) is 7.42. The summed E-state index contributed by atoms with van der Waals surface area (Å²) in [5.74, 6) is 0.216. The zero-order valence-electron chi connectivity index (χ0n) is 25.9. The quantitative estimate of drug-likeness (QED) is 0.295. The minimum Gasteiger partial charge on any atom is -0.508 e. The minimum absolute atomic E-state index is 0.00454. The predicted molar refractivity (Wildman–Crippen MR) is 174 cm³/mol. The smallest absolute Gasteiger partial charge is 0.319 e. The molecule has 0 aliphatic carbocycles. The van der Waals surface area contributed by atoms with Crippen LogP contribution in [0.25, 0.3) is 32.8 Å². The first-order valence-electron chi connectivity index (χ1n) is 16.4. The number of β-amino-alcohol motifs (C(OH)–C–C–N with tert-alkyl or cyclic N) is 1. The molecule has 2 bridgehead atoms. The van der Waals surface area contributed by atoms with E-state index in [0.717, 1.165) is 43.0 Å². The molecule has 8 rings (SSSR count). The molecule has 1 aromatic heterocycles. The molecule has 5 heterocycles. The molecule has 0 saturated carbocycles. The Bertz CT molecular complexity index is 1810. The summed E-state index contributed by atoms with van der Waals surface area (Å²) >= 11 is 0. The van der Waals surface area contributed by atoms with Gasteiger partial charge in [0.1, 0.15) is 23.7 Å². The van der Waals surface area contributed by atoms with Crippen molar-refractivity contribution in [2.24, 2.45) is 0 Å². The van der Waals surface area contributed by atoms with Crippen LogP contribution in [0, 0.1) is 5.82 Å². The van der Waals surface area contributed by atoms with Crippen molar-refractivity contribution in [3.05, 3.63) is 54.3 Å². The highest BCUT2D eigenvalue weighted by molar-refractivity contribution is 6.01. The van der Waals surface area contributed by atoms with Crippen LogP contribution in [0.2, 0.25) is 0 Å². The number of aliphatic hydroxyl groups is 1. The molecule has 4 aromatic rings. The average molecular weight is 627 g/mol. The third-order valence-corrected chi connectivity index (χ3v) is 10.4. The SMILES string of the molecule is CN1CCC[C@H]1COc1nc(N2C[C@H]3CC[C@@H](C2)N3C(=O)[C@@H]2C[C@@H](O)CN2)c2ccc(-c3cc(O)cc4ccccc34)c(F)c2n1. The van der Waals surface area contributed by atoms with Crippen molar-refractivity contribution in [3.63, 3.8) is 0 Å². The first kappa shape index (κ1) is 29.3. The summed E-state index contributed by atoms with van der Waals surface area (Å²) in [6.45, 7) is 2.98. The van der Waals surface area contributed by atoms with Crippen LogP contribution in [-0.2, 0) is 4.79 Å². The first-order valence-corrected chi connectivity index (χ1v) is 16.4. The van der Waals surface area contributed by atoms with Crippen molar-refractivity contribution < 1.29 is 24.1 Å². The maximum absolute atomic E-state index is 16.7. The fourth-order valence-corrected chi connectivity index (χ4v) is 8.04. The molecule has 5 atom stereocenters. The maximum atomic E-state index is 16.7. The third kappa shape index (κ3) is 5.10. The fourth-order valence-electron chi connectivity index (χ4n) is 8.04. The highest BCUT2D eigenvalue weighted by atomic mass is 19.1. The third-order valence-electron chi connectivity index (χ3n) is 10.4. The Labute approximate surface area is 266 Å². The first-order chi connectivity index (χ1) is 22.3. The largest absolute Gasteiger partial charge is 0.508 e. The van der Waals surface area contributed by atoms with Gasteiger partial charge in [0.2, 0.25) is 5.91 Å². The second-order valence-electron chi connectivity index (χ2n) is 13.3. The summed E-state index contributed by atoms with van der Waals surface area (Å²) in [7, 11) is 2.08. The topological polar surface area (TPSA) is 114 Å². The number of benzene rings is 3. The van der Waals surface area contributed by atoms with Gasteiger partial charge in [0.15, 0.2) is 5.82 Å². The number of nitrogens with zero attached hydrogens (tertiary/aromatic N) is 5. The Morgan fingerprint density at radius 3 is 2.59 bits per heavy atom. The molecule has 3 aromatic carbocycles. The van der Waals surface area contributed by atoms with Crippen LogP contribution in [0.1, 0.15) is 32.1 Å². The number of phenols is 1. The highest BCUT2D eigenvalue weighted by Crippen LogP contribution is 2.40. The van der Waals surface area contributed by atoms with Crippen LogP contribution in [0.15, 0.2) is 48.5 Å². The number of halogens is 1. The van der Waals surface area contributed by atoms with Crippen molar-refractivity contribution in [3.8, 4) is 22.9 Å². The summed E-state index contributed by atoms with van der Waals surface area (Å²) in [6, 6.07) is 14.5. The van der Waals surface area contributed by atoms with E-state index in [4.69, 9.17) is 9.72 Å². The van der Waals surface area contributed by atoms with Crippen LogP contribution < -0.4 is 15.0 Å². The molecule has 10 nitrogen and oxygen atoms in total. The Morgan fingerprint density at radius 1 is 1.04 bits per heavy atom. The van der Waals surface area contributed by atoms with Crippen molar-refractivity contribution in [2.75, 3.05) is 44.7 Å². The number of phenolic OH excluding ortho intramolecular Hbond substituents is 1. The van der Waals surface area contributed by atoms with Crippen LogP contribution in [0.4, 0.5) is 10.2 Å². The molecule has 4 fully saturated rings. The lowest BCUT2D eigenvalue weighted by Crippen LogP contribution is -2.59. The van der Waals surface area contributed by atoms with E-state index >= 15 is 4.39 Å². The zero-order valence-corrected chi connectivity index (χ0v) is 25.9. The van der Waals surface area contributed by atoms with Gasteiger partial charge < -0.3 is 35.0 Å². The number of nitrogens with one attached hydrogen (secondary N) is 1. The number of likely N-dealkylation sites (N-methyl/N-ethyl adjacent to an activating group) is 1. The molecule has 4 saturated heterocycles. The number of aromatic hydroxyl groups is 1. The number of aromatic nitrogens is 2. The summed E-state index contributed by atoms with van der Waals surface area (Å²) in [5, 5.41) is 25.9. The number of fused-ring (bicyclic) bond motifs is 4. The lowest BCUT2D eigenvalue weighted by Gasteiger charge is -2.42. The number of rotatable bonds is 6. The molecule has 0 unspecified atom stereocenters. The van der Waals surface area contributed by atoms with E-state index in [2.05, 4.69) is 27.1 Å². The van der Waals surface area contributed by atoms with E-state index < -0.39 is 11.9 Å². The second-order valence-corrected chi connectivity index (χ2v) is 13.3. The lowest BCUT2D eigenvalue weighted by molar-refractivity contribution is -0.136. The van der Waals surface area contributed by atoms with Crippen molar-refractivity contribution in [1.29, 1.82) is 0 Å². The fraction of sp³-hybridized carbons (Fsp3) is 0.457. The number of likely N-dealkylation sites (tertiary alicyclic amines) is 1. The number of hydrogen-bond acceptors (Lipinski definition) is 9. The molecule has 1 amide bonds. The van der Waals surface area contributed by atoms with Crippen molar-refractivity contribution in [2.45, 2.75) is 62.4 Å². The molecular weight excluding hydrogens is 587 g/mol. The van der Waals surface area contributed by atoms with Gasteiger partial charge in [-0.15, -0.1) is 0 Å². The van der Waals surface area contributed by atoms with E-state index in [1.165, 1.54) is 0 Å². The number of anilines is 1. The van der Waals surface area contributed by atoms with E-state index in [-0.39, 0.29) is 47.4 Å². The number of ether oxygens (including phenoxy) is 1. The molecule has 3 N–H and O–H groups in total. The molecule has 4 aliphatic heterocycles. The summed E-state index contributed by atoms with van der Waals surface area (Å²) in [4.78, 5) is 29.5. The standard InChI is InChI=1S/C35H39FN6O4/c1-40-12-4-6-23(40)19-46-35-38-32-28(11-10-27(31(32)36)29-14-24(43)13-20-5-2-3-7-26(20)29)33(39-35)41-17-21-8-9-22(18-41)42(21)34(45)30-15-25(44)16-37-30/h2-3,5,7,10-11,13-14,21-23,25,30,37,43-44H,4,6,8-9,12,15-19H2,1H3/t21-,22+,23-,25+,30-/m0/s1. The highest BCUT2D eigenvalue weighted by Gasteiger charge is 2.46. The summed E-state index contributed by atoms with van der Waals surface area (Å²) < 4.78 is 23.0. The number of carbonyl (C=O) groups is 1. The number of aliphatic hydroxyl groups excluding tert-OH is 1. The van der Waals surface area contributed by atoms with Gasteiger partial charge in [-0.25, -0.2) is 4.39 Å². The number of carbonyl (C=O) groups excluding carboxylic acids is 1. The van der Waals surface area contributed by atoms with Gasteiger partial charge in [-0.05, 0) is 80.2 Å². The van der Waals surface area contributed by atoms with Gasteiger partial charge in [-0.1, -0.05) is 30.3 Å². The molecule has 0 radical (unpaired) electrons. The summed E-state index contributed by atoms with van der Waals surface area (Å²) in [5.41, 5.74) is 1.09. The van der Waals surface area contributed by atoms with E-state index in [9.17, 15) is 15.0 Å². The molecule has 46 heavy (non-hydrogen) atoms. The molecular formula is C35H39FN6O4. The molecule has 0 spiro atoms. The van der Waals surface area contributed by atoms with Crippen molar-refractivity contribution in [1.82, 2.24) is 25.1 Å². The van der Waals surface area contributed by atoms with Gasteiger partial charge in [0.05, 0.1) is 12.1 Å². The van der Waals surface area contributed by atoms with Gasteiger partial charge >= 0.3 is 6.01 Å². The minimum atomic E-state index is -0.500. The van der Waals surface area contributed by atoms with Crippen LogP contribution in [0.5, 0.6) is 11.8 Å². The zero-order chi connectivity index (χ0) is 31.5. The van der Waals surface area contributed by atoms with E-state index in [0.29, 0.717) is 55.0 Å². The monoisotopic (exact) mass is 626 g/mol. The van der Waals surface area contributed by atoms with Crippen molar-refractivity contribution >= 4 is 33.4 Å². The van der Waals surface area contributed by atoms with Gasteiger partial charge in [0.25, 0.3) is 0 Å². The maximum Gasteiger partial charge on any atom is 0.319 e. The predicted octanol–water partition coefficient (Wildman–Crippen LogP) is 3.67. The lowest BCUT2D eigenvalue weighted by atomic mass is 9.96.